The van der Waals surface area contributed by atoms with Crippen LogP contribution in [-0.4, -0.2) is 41.8 Å². The maximum absolute atomic E-state index is 9.99. The van der Waals surface area contributed by atoms with Crippen LogP contribution in [-0.2, 0) is 6.42 Å². The smallest absolute Gasteiger partial charge is 0.138 e. The van der Waals surface area contributed by atoms with E-state index in [9.17, 15) is 5.11 Å². The van der Waals surface area contributed by atoms with Crippen LogP contribution in [0.5, 0.6) is 5.75 Å². The summed E-state index contributed by atoms with van der Waals surface area (Å²) in [6, 6.07) is 7.95. The van der Waals surface area contributed by atoms with E-state index < -0.39 is 6.10 Å². The van der Waals surface area contributed by atoms with Crippen LogP contribution in [0.25, 0.3) is 0 Å². The van der Waals surface area contributed by atoms with Crippen molar-refractivity contribution in [2.45, 2.75) is 25.6 Å². The molecule has 1 aromatic carbocycles. The fourth-order valence-electron chi connectivity index (χ4n) is 2.31. The monoisotopic (exact) mass is 247 g/mol. The van der Waals surface area contributed by atoms with Gasteiger partial charge in [0.25, 0.3) is 0 Å². The van der Waals surface area contributed by atoms with Gasteiger partial charge in [0.15, 0.2) is 0 Å². The third kappa shape index (κ3) is 2.92. The van der Waals surface area contributed by atoms with Gasteiger partial charge in [-0.25, -0.2) is 0 Å². The fourth-order valence-corrected chi connectivity index (χ4v) is 2.31. The molecule has 0 spiro atoms. The largest absolute Gasteiger partial charge is 0.486 e. The van der Waals surface area contributed by atoms with Gasteiger partial charge in [0, 0.05) is 13.1 Å². The van der Waals surface area contributed by atoms with Crippen molar-refractivity contribution in [1.82, 2.24) is 4.90 Å². The highest BCUT2D eigenvalue weighted by molar-refractivity contribution is 5.35. The molecule has 0 amide bonds. The van der Waals surface area contributed by atoms with Crippen molar-refractivity contribution < 1.29 is 9.84 Å². The number of nitrogens with zero attached hydrogens (tertiary/aromatic N) is 1. The Morgan fingerprint density at radius 3 is 2.89 bits per heavy atom. The summed E-state index contributed by atoms with van der Waals surface area (Å²) < 4.78 is 5.96. The lowest BCUT2D eigenvalue weighted by atomic mass is 10.1. The first-order valence-corrected chi connectivity index (χ1v) is 6.50. The van der Waals surface area contributed by atoms with Crippen molar-refractivity contribution in [3.05, 3.63) is 42.5 Å². The van der Waals surface area contributed by atoms with Gasteiger partial charge in [-0.15, -0.1) is 6.58 Å². The van der Waals surface area contributed by atoms with Crippen molar-refractivity contribution in [1.29, 1.82) is 0 Å². The first-order valence-electron chi connectivity index (χ1n) is 6.50. The lowest BCUT2D eigenvalue weighted by Gasteiger charge is -2.18. The molecule has 0 aliphatic carbocycles. The minimum absolute atomic E-state index is 0.129. The zero-order valence-corrected chi connectivity index (χ0v) is 10.9. The first kappa shape index (κ1) is 13.1. The van der Waals surface area contributed by atoms with Gasteiger partial charge in [-0.05, 0) is 24.6 Å². The number of likely N-dealkylation sites (N-methyl/N-ethyl adjacent to an activating group) is 1. The number of para-hydroxylation sites is 1. The zero-order chi connectivity index (χ0) is 13.0. The molecule has 0 bridgehead atoms. The Morgan fingerprint density at radius 2 is 2.22 bits per heavy atom. The van der Waals surface area contributed by atoms with E-state index in [1.54, 1.807) is 0 Å². The van der Waals surface area contributed by atoms with Gasteiger partial charge in [0.2, 0.25) is 0 Å². The Morgan fingerprint density at radius 1 is 1.44 bits per heavy atom. The van der Waals surface area contributed by atoms with Crippen LogP contribution in [0, 0.1) is 0 Å². The van der Waals surface area contributed by atoms with E-state index in [-0.39, 0.29) is 6.10 Å². The van der Waals surface area contributed by atoms with Crippen LogP contribution < -0.4 is 4.74 Å². The molecule has 1 aliphatic heterocycles. The normalized spacial score (nSPS) is 24.1. The summed E-state index contributed by atoms with van der Waals surface area (Å²) in [5, 5.41) is 9.99. The highest BCUT2D eigenvalue weighted by atomic mass is 16.5. The van der Waals surface area contributed by atoms with Crippen LogP contribution in [0.4, 0.5) is 0 Å². The van der Waals surface area contributed by atoms with Gasteiger partial charge < -0.3 is 9.84 Å². The van der Waals surface area contributed by atoms with Gasteiger partial charge in [-0.2, -0.15) is 0 Å². The van der Waals surface area contributed by atoms with Crippen LogP contribution in [0.1, 0.15) is 12.5 Å². The highest BCUT2D eigenvalue weighted by Gasteiger charge is 2.32. The van der Waals surface area contributed by atoms with Gasteiger partial charge in [-0.3, -0.25) is 4.90 Å². The van der Waals surface area contributed by atoms with Crippen molar-refractivity contribution >= 4 is 0 Å². The lowest BCUT2D eigenvalue weighted by Crippen LogP contribution is -2.30. The average molecular weight is 247 g/mol. The second-order valence-electron chi connectivity index (χ2n) is 4.68. The first-order chi connectivity index (χ1) is 8.74. The molecule has 1 saturated heterocycles. The standard InChI is InChI=1S/C15H21NO2/c1-3-7-12-8-5-6-9-14(12)18-15-11-16(4-2)10-13(15)17/h3,5-6,8-9,13,15,17H,1,4,7,10-11H2,2H3/t13-,15-/m0/s1. The van der Waals surface area contributed by atoms with E-state index in [4.69, 9.17) is 4.74 Å². The van der Waals surface area contributed by atoms with Crippen molar-refractivity contribution in [2.75, 3.05) is 19.6 Å². The highest BCUT2D eigenvalue weighted by Crippen LogP contribution is 2.23. The Bertz CT molecular complexity index is 405. The Balaban J connectivity index is 2.07. The van der Waals surface area contributed by atoms with E-state index in [0.717, 1.165) is 30.8 Å². The molecule has 0 saturated carbocycles. The molecule has 3 heteroatoms. The van der Waals surface area contributed by atoms with E-state index in [1.807, 2.05) is 30.3 Å². The molecule has 0 unspecified atom stereocenters. The predicted octanol–water partition coefficient (Wildman–Crippen LogP) is 1.86. The van der Waals surface area contributed by atoms with Crippen molar-refractivity contribution in [3.63, 3.8) is 0 Å². The summed E-state index contributed by atoms with van der Waals surface area (Å²) in [6.45, 7) is 8.29. The maximum atomic E-state index is 9.99. The van der Waals surface area contributed by atoms with Gasteiger partial charge in [0.1, 0.15) is 18.0 Å². The summed E-state index contributed by atoms with van der Waals surface area (Å²) in [5.41, 5.74) is 1.12. The molecule has 1 fully saturated rings. The minimum atomic E-state index is -0.401. The molecule has 0 radical (unpaired) electrons. The number of aliphatic hydroxyl groups excluding tert-OH is 1. The average Bonchev–Trinajstić information content (AvgIpc) is 2.73. The van der Waals surface area contributed by atoms with Gasteiger partial charge in [0.05, 0.1) is 0 Å². The van der Waals surface area contributed by atoms with E-state index >= 15 is 0 Å². The number of benzene rings is 1. The number of hydrogen-bond acceptors (Lipinski definition) is 3. The molecule has 1 heterocycles. The van der Waals surface area contributed by atoms with Crippen molar-refractivity contribution in [3.8, 4) is 5.75 Å². The number of β-amino-alcohol motifs (C(OH)–C–C–N with tert-alkyl or cyclic N) is 1. The van der Waals surface area contributed by atoms with Crippen LogP contribution in [0.15, 0.2) is 36.9 Å². The zero-order valence-electron chi connectivity index (χ0n) is 10.9. The molecule has 1 aliphatic rings. The minimum Gasteiger partial charge on any atom is -0.486 e. The molecule has 2 atom stereocenters. The molecule has 1 aromatic rings. The predicted molar refractivity (Wildman–Crippen MR) is 72.9 cm³/mol. The summed E-state index contributed by atoms with van der Waals surface area (Å²) in [6.07, 6.45) is 2.12. The maximum Gasteiger partial charge on any atom is 0.138 e. The molecular weight excluding hydrogens is 226 g/mol. The van der Waals surface area contributed by atoms with Crippen LogP contribution in [0.3, 0.4) is 0 Å². The summed E-state index contributed by atoms with van der Waals surface area (Å²) in [4.78, 5) is 2.20. The second kappa shape index (κ2) is 6.03. The van der Waals surface area contributed by atoms with Crippen molar-refractivity contribution in [2.24, 2.45) is 0 Å². The molecule has 0 aromatic heterocycles. The van der Waals surface area contributed by atoms with E-state index in [2.05, 4.69) is 18.4 Å². The SMILES string of the molecule is C=CCc1ccccc1O[C@H]1CN(CC)C[C@@H]1O. The summed E-state index contributed by atoms with van der Waals surface area (Å²) in [5.74, 6) is 0.861. The topological polar surface area (TPSA) is 32.7 Å². The molecule has 2 rings (SSSR count). The fraction of sp³-hybridized carbons (Fsp3) is 0.467. The Labute approximate surface area is 109 Å². The number of rotatable bonds is 5. The number of allylic oxidation sites excluding steroid dienone is 1. The van der Waals surface area contributed by atoms with Gasteiger partial charge in [-0.1, -0.05) is 31.2 Å². The van der Waals surface area contributed by atoms with Gasteiger partial charge >= 0.3 is 0 Å². The van der Waals surface area contributed by atoms with Crippen LogP contribution >= 0.6 is 0 Å². The third-order valence-corrected chi connectivity index (χ3v) is 3.37. The number of aliphatic hydroxyl groups is 1. The molecular formula is C15H21NO2. The molecule has 98 valence electrons. The molecule has 1 N–H and O–H groups in total. The number of likely N-dealkylation sites (tertiary alicyclic amines) is 1. The number of hydrogen-bond donors (Lipinski definition) is 1. The quantitative estimate of drug-likeness (QED) is 0.806. The molecule has 3 nitrogen and oxygen atoms in total. The molecule has 18 heavy (non-hydrogen) atoms. The Hall–Kier alpha value is -1.32. The van der Waals surface area contributed by atoms with E-state index in [0.29, 0.717) is 6.54 Å². The second-order valence-corrected chi connectivity index (χ2v) is 4.68. The summed E-state index contributed by atoms with van der Waals surface area (Å²) >= 11 is 0. The number of ether oxygens (including phenoxy) is 1. The third-order valence-electron chi connectivity index (χ3n) is 3.37. The summed E-state index contributed by atoms with van der Waals surface area (Å²) in [7, 11) is 0. The lowest BCUT2D eigenvalue weighted by molar-refractivity contribution is 0.0731. The Kier molecular flexibility index (Phi) is 4.39. The van der Waals surface area contributed by atoms with E-state index in [1.165, 1.54) is 0 Å². The van der Waals surface area contributed by atoms with Crippen LogP contribution in [0.2, 0.25) is 0 Å².